The quantitative estimate of drug-likeness (QED) is 0.878. The maximum Gasteiger partial charge on any atom is 0.321 e. The van der Waals surface area contributed by atoms with E-state index in [1.54, 1.807) is 11.8 Å². The number of carbonyl (C=O) groups is 1. The molecule has 1 aromatic carbocycles. The smallest absolute Gasteiger partial charge is 0.321 e. The van der Waals surface area contributed by atoms with Gasteiger partial charge in [0, 0.05) is 21.4 Å². The van der Waals surface area contributed by atoms with Gasteiger partial charge in [0.05, 0.1) is 6.04 Å². The fourth-order valence-electron chi connectivity index (χ4n) is 2.16. The maximum absolute atomic E-state index is 11.0. The molecular formula is C13H12BrNO3S. The lowest BCUT2D eigenvalue weighted by atomic mass is 10.2. The van der Waals surface area contributed by atoms with E-state index in [1.165, 1.54) is 0 Å². The Bertz CT molecular complexity index is 627. The first-order valence-corrected chi connectivity index (χ1v) is 7.84. The van der Waals surface area contributed by atoms with E-state index in [1.807, 2.05) is 24.3 Å². The predicted molar refractivity (Wildman–Crippen MR) is 78.5 cm³/mol. The van der Waals surface area contributed by atoms with Crippen LogP contribution in [0.15, 0.2) is 33.2 Å². The Labute approximate surface area is 122 Å². The molecule has 100 valence electrons. The third-order valence-electron chi connectivity index (χ3n) is 3.11. The first-order chi connectivity index (χ1) is 9.13. The van der Waals surface area contributed by atoms with Crippen molar-refractivity contribution in [2.24, 2.45) is 0 Å². The van der Waals surface area contributed by atoms with Crippen LogP contribution >= 0.6 is 27.7 Å². The highest BCUT2D eigenvalue weighted by Gasteiger charge is 2.29. The van der Waals surface area contributed by atoms with Crippen LogP contribution < -0.4 is 5.32 Å². The molecule has 2 unspecified atom stereocenters. The number of hydrogen-bond acceptors (Lipinski definition) is 4. The van der Waals surface area contributed by atoms with E-state index in [0.717, 1.165) is 27.0 Å². The standard InChI is InChI=1S/C13H12BrNO3S/c14-8-1-2-11-7(3-8)4-12(18-11)9-5-19-6-10(15-9)13(16)17/h1-4,9-10,15H,5-6H2,(H,16,17). The summed E-state index contributed by atoms with van der Waals surface area (Å²) in [6.07, 6.45) is 0. The average molecular weight is 342 g/mol. The van der Waals surface area contributed by atoms with Gasteiger partial charge < -0.3 is 9.52 Å². The van der Waals surface area contributed by atoms with Crippen molar-refractivity contribution in [3.05, 3.63) is 34.5 Å². The van der Waals surface area contributed by atoms with Gasteiger partial charge in [-0.1, -0.05) is 15.9 Å². The predicted octanol–water partition coefficient (Wildman–Crippen LogP) is 3.03. The number of nitrogens with one attached hydrogen (secondary N) is 1. The van der Waals surface area contributed by atoms with Gasteiger partial charge >= 0.3 is 5.97 Å². The Morgan fingerprint density at radius 3 is 3.05 bits per heavy atom. The molecule has 2 aromatic rings. The SMILES string of the molecule is O=C(O)C1CSCC(c2cc3cc(Br)ccc3o2)N1. The van der Waals surface area contributed by atoms with E-state index in [0.29, 0.717) is 5.75 Å². The molecule has 1 saturated heterocycles. The van der Waals surface area contributed by atoms with E-state index in [2.05, 4.69) is 21.2 Å². The Balaban J connectivity index is 1.89. The van der Waals surface area contributed by atoms with Crippen molar-refractivity contribution >= 4 is 44.6 Å². The fraction of sp³-hybridized carbons (Fsp3) is 0.308. The number of furan rings is 1. The molecule has 0 amide bonds. The van der Waals surface area contributed by atoms with Crippen LogP contribution in [0.4, 0.5) is 0 Å². The highest BCUT2D eigenvalue weighted by Crippen LogP contribution is 2.30. The number of halogens is 1. The highest BCUT2D eigenvalue weighted by molar-refractivity contribution is 9.10. The van der Waals surface area contributed by atoms with E-state index in [9.17, 15) is 4.79 Å². The van der Waals surface area contributed by atoms with Gasteiger partial charge in [-0.2, -0.15) is 11.8 Å². The molecule has 0 bridgehead atoms. The summed E-state index contributed by atoms with van der Waals surface area (Å²) < 4.78 is 6.80. The first kappa shape index (κ1) is 13.0. The number of benzene rings is 1. The van der Waals surface area contributed by atoms with Crippen LogP contribution in [0.5, 0.6) is 0 Å². The molecule has 0 radical (unpaired) electrons. The van der Waals surface area contributed by atoms with Gasteiger partial charge in [0.2, 0.25) is 0 Å². The van der Waals surface area contributed by atoms with Crippen LogP contribution in [-0.2, 0) is 4.79 Å². The second-order valence-corrected chi connectivity index (χ2v) is 6.47. The van der Waals surface area contributed by atoms with Gasteiger partial charge in [0.15, 0.2) is 0 Å². The van der Waals surface area contributed by atoms with Crippen LogP contribution in [0.2, 0.25) is 0 Å². The number of carboxylic acids is 1. The van der Waals surface area contributed by atoms with Crippen molar-refractivity contribution in [1.29, 1.82) is 0 Å². The Morgan fingerprint density at radius 1 is 1.42 bits per heavy atom. The van der Waals surface area contributed by atoms with Gasteiger partial charge in [0.1, 0.15) is 17.4 Å². The summed E-state index contributed by atoms with van der Waals surface area (Å²) in [7, 11) is 0. The number of fused-ring (bicyclic) bond motifs is 1. The van der Waals surface area contributed by atoms with Gasteiger partial charge in [-0.05, 0) is 24.3 Å². The van der Waals surface area contributed by atoms with Crippen LogP contribution in [-0.4, -0.2) is 28.6 Å². The normalized spacial score (nSPS) is 23.6. The molecule has 0 spiro atoms. The lowest BCUT2D eigenvalue weighted by Crippen LogP contribution is -2.45. The first-order valence-electron chi connectivity index (χ1n) is 5.89. The molecule has 2 heterocycles. The monoisotopic (exact) mass is 341 g/mol. The van der Waals surface area contributed by atoms with Crippen LogP contribution in [0, 0.1) is 0 Å². The van der Waals surface area contributed by atoms with Gasteiger partial charge in [-0.25, -0.2) is 0 Å². The molecule has 1 aliphatic heterocycles. The number of carboxylic acid groups (broad SMARTS) is 1. The van der Waals surface area contributed by atoms with Crippen molar-refractivity contribution in [3.8, 4) is 0 Å². The largest absolute Gasteiger partial charge is 0.480 e. The zero-order valence-electron chi connectivity index (χ0n) is 9.93. The zero-order valence-corrected chi connectivity index (χ0v) is 12.3. The molecule has 6 heteroatoms. The van der Waals surface area contributed by atoms with Gasteiger partial charge in [0.25, 0.3) is 0 Å². The topological polar surface area (TPSA) is 62.5 Å². The fourth-order valence-corrected chi connectivity index (χ4v) is 3.64. The molecule has 2 N–H and O–H groups in total. The number of thioether (sulfide) groups is 1. The molecule has 3 rings (SSSR count). The summed E-state index contributed by atoms with van der Waals surface area (Å²) >= 11 is 5.06. The van der Waals surface area contributed by atoms with Crippen molar-refractivity contribution in [2.75, 3.05) is 11.5 Å². The van der Waals surface area contributed by atoms with Crippen LogP contribution in [0.1, 0.15) is 11.8 Å². The van der Waals surface area contributed by atoms with Crippen molar-refractivity contribution < 1.29 is 14.3 Å². The molecule has 19 heavy (non-hydrogen) atoms. The molecule has 1 aliphatic rings. The molecule has 0 aliphatic carbocycles. The average Bonchev–Trinajstić information content (AvgIpc) is 2.81. The summed E-state index contributed by atoms with van der Waals surface area (Å²) in [5.74, 6) is 1.41. The van der Waals surface area contributed by atoms with Crippen LogP contribution in [0.3, 0.4) is 0 Å². The summed E-state index contributed by atoms with van der Waals surface area (Å²) in [5.41, 5.74) is 0.822. The molecule has 1 aromatic heterocycles. The maximum atomic E-state index is 11.0. The number of hydrogen-bond donors (Lipinski definition) is 2. The third kappa shape index (κ3) is 2.66. The molecular weight excluding hydrogens is 330 g/mol. The van der Waals surface area contributed by atoms with E-state index in [-0.39, 0.29) is 6.04 Å². The molecule has 1 fully saturated rings. The molecule has 0 saturated carbocycles. The number of rotatable bonds is 2. The van der Waals surface area contributed by atoms with E-state index >= 15 is 0 Å². The Hall–Kier alpha value is -0.980. The lowest BCUT2D eigenvalue weighted by Gasteiger charge is -2.26. The minimum absolute atomic E-state index is 0.0500. The van der Waals surface area contributed by atoms with Gasteiger partial charge in [-0.3, -0.25) is 10.1 Å². The van der Waals surface area contributed by atoms with Crippen molar-refractivity contribution in [3.63, 3.8) is 0 Å². The second kappa shape index (κ2) is 5.19. The van der Waals surface area contributed by atoms with E-state index < -0.39 is 12.0 Å². The second-order valence-electron chi connectivity index (χ2n) is 4.48. The van der Waals surface area contributed by atoms with Crippen molar-refractivity contribution in [2.45, 2.75) is 12.1 Å². The van der Waals surface area contributed by atoms with E-state index in [4.69, 9.17) is 9.52 Å². The minimum Gasteiger partial charge on any atom is -0.480 e. The van der Waals surface area contributed by atoms with Crippen LogP contribution in [0.25, 0.3) is 11.0 Å². The Kier molecular flexibility index (Phi) is 3.56. The number of aliphatic carboxylic acids is 1. The minimum atomic E-state index is -0.809. The highest BCUT2D eigenvalue weighted by atomic mass is 79.9. The summed E-state index contributed by atoms with van der Waals surface area (Å²) in [4.78, 5) is 11.0. The lowest BCUT2D eigenvalue weighted by molar-refractivity contribution is -0.139. The van der Waals surface area contributed by atoms with Gasteiger partial charge in [-0.15, -0.1) is 0 Å². The molecule has 4 nitrogen and oxygen atoms in total. The zero-order chi connectivity index (χ0) is 13.4. The summed E-state index contributed by atoms with van der Waals surface area (Å²) in [5, 5.41) is 13.2. The summed E-state index contributed by atoms with van der Waals surface area (Å²) in [6, 6.07) is 7.25. The molecule has 2 atom stereocenters. The Morgan fingerprint density at radius 2 is 2.26 bits per heavy atom. The van der Waals surface area contributed by atoms with Crippen molar-refractivity contribution in [1.82, 2.24) is 5.32 Å². The summed E-state index contributed by atoms with van der Waals surface area (Å²) in [6.45, 7) is 0. The third-order valence-corrected chi connectivity index (χ3v) is 4.74.